The van der Waals surface area contributed by atoms with Crippen LogP contribution in [0.4, 0.5) is 17.6 Å². The minimum absolute atomic E-state index is 0.256. The average Bonchev–Trinajstić information content (AvgIpc) is 2.14. The van der Waals surface area contributed by atoms with Gasteiger partial charge in [0.1, 0.15) is 5.82 Å². The molecule has 0 radical (unpaired) electrons. The molecule has 1 aromatic carbocycles. The number of benzene rings is 1. The van der Waals surface area contributed by atoms with Gasteiger partial charge >= 0.3 is 12.1 Å². The van der Waals surface area contributed by atoms with Crippen LogP contribution in [-0.2, 0) is 6.18 Å². The molecule has 0 aromatic heterocycles. The zero-order chi connectivity index (χ0) is 12.5. The molecule has 0 aliphatic heterocycles. The lowest BCUT2D eigenvalue weighted by atomic mass is 10.0. The first-order valence-electron chi connectivity index (χ1n) is 3.87. The standard InChI is InChI=1S/C9H4F4O3/c10-6-2-1-5(9(11,12)13)7(8(15)16)4(6)3-14/h1-3H,(H,15,16). The Balaban J connectivity index is 3.65. The monoisotopic (exact) mass is 236 g/mol. The molecular weight excluding hydrogens is 232 g/mol. The van der Waals surface area contributed by atoms with Crippen molar-refractivity contribution >= 4 is 12.3 Å². The maximum absolute atomic E-state index is 12.9. The molecule has 3 nitrogen and oxygen atoms in total. The van der Waals surface area contributed by atoms with Gasteiger partial charge in [-0.25, -0.2) is 9.18 Å². The summed E-state index contributed by atoms with van der Waals surface area (Å²) in [4.78, 5) is 20.9. The first-order valence-corrected chi connectivity index (χ1v) is 3.87. The lowest BCUT2D eigenvalue weighted by molar-refractivity contribution is -0.138. The van der Waals surface area contributed by atoms with Crippen LogP contribution >= 0.6 is 0 Å². The van der Waals surface area contributed by atoms with Gasteiger partial charge in [-0.15, -0.1) is 0 Å². The SMILES string of the molecule is O=Cc1c(F)ccc(C(F)(F)F)c1C(=O)O. The zero-order valence-electron chi connectivity index (χ0n) is 7.51. The van der Waals surface area contributed by atoms with Crippen molar-refractivity contribution in [3.8, 4) is 0 Å². The van der Waals surface area contributed by atoms with E-state index in [4.69, 9.17) is 5.11 Å². The molecule has 0 aliphatic carbocycles. The molecule has 0 atom stereocenters. The number of aldehydes is 1. The van der Waals surface area contributed by atoms with E-state index in [0.717, 1.165) is 0 Å². The van der Waals surface area contributed by atoms with E-state index in [1.165, 1.54) is 0 Å². The van der Waals surface area contributed by atoms with E-state index < -0.39 is 34.7 Å². The van der Waals surface area contributed by atoms with Crippen LogP contribution in [0.2, 0.25) is 0 Å². The van der Waals surface area contributed by atoms with Crippen molar-refractivity contribution in [1.29, 1.82) is 0 Å². The summed E-state index contributed by atoms with van der Waals surface area (Å²) in [6.07, 6.45) is -5.22. The van der Waals surface area contributed by atoms with Crippen LogP contribution in [0, 0.1) is 5.82 Å². The van der Waals surface area contributed by atoms with Crippen LogP contribution in [0.3, 0.4) is 0 Å². The molecule has 0 amide bonds. The molecule has 0 saturated carbocycles. The van der Waals surface area contributed by atoms with E-state index in [1.807, 2.05) is 0 Å². The number of carboxylic acids is 1. The van der Waals surface area contributed by atoms with Gasteiger partial charge in [-0.2, -0.15) is 13.2 Å². The molecule has 0 saturated heterocycles. The largest absolute Gasteiger partial charge is 0.478 e. The average molecular weight is 236 g/mol. The van der Waals surface area contributed by atoms with Gasteiger partial charge in [0, 0.05) is 0 Å². The number of alkyl halides is 3. The number of carboxylic acid groups (broad SMARTS) is 1. The number of halogens is 4. The second-order valence-electron chi connectivity index (χ2n) is 2.80. The number of hydrogen-bond donors (Lipinski definition) is 1. The van der Waals surface area contributed by atoms with Crippen LogP contribution < -0.4 is 0 Å². The zero-order valence-corrected chi connectivity index (χ0v) is 7.51. The lowest BCUT2D eigenvalue weighted by Gasteiger charge is -2.11. The van der Waals surface area contributed by atoms with E-state index in [0.29, 0.717) is 6.07 Å². The molecule has 1 N–H and O–H groups in total. The topological polar surface area (TPSA) is 54.4 Å². The Morgan fingerprint density at radius 1 is 1.31 bits per heavy atom. The second kappa shape index (κ2) is 3.92. The fraction of sp³-hybridized carbons (Fsp3) is 0.111. The molecule has 0 spiro atoms. The van der Waals surface area contributed by atoms with Crippen LogP contribution in [0.15, 0.2) is 12.1 Å². The summed E-state index contributed by atoms with van der Waals surface area (Å²) in [7, 11) is 0. The first-order chi connectivity index (χ1) is 7.29. The molecule has 86 valence electrons. The van der Waals surface area contributed by atoms with Crippen molar-refractivity contribution in [3.63, 3.8) is 0 Å². The van der Waals surface area contributed by atoms with Gasteiger partial charge in [-0.3, -0.25) is 4.79 Å². The second-order valence-corrected chi connectivity index (χ2v) is 2.80. The summed E-state index contributed by atoms with van der Waals surface area (Å²) < 4.78 is 50.0. The normalized spacial score (nSPS) is 11.2. The number of rotatable bonds is 2. The number of carbonyl (C=O) groups excluding carboxylic acids is 1. The fourth-order valence-corrected chi connectivity index (χ4v) is 1.18. The maximum Gasteiger partial charge on any atom is 0.417 e. The quantitative estimate of drug-likeness (QED) is 0.633. The molecule has 16 heavy (non-hydrogen) atoms. The van der Waals surface area contributed by atoms with Crippen molar-refractivity contribution in [1.82, 2.24) is 0 Å². The van der Waals surface area contributed by atoms with Crippen molar-refractivity contribution < 1.29 is 32.3 Å². The summed E-state index contributed by atoms with van der Waals surface area (Å²) in [5.74, 6) is -3.31. The third-order valence-electron chi connectivity index (χ3n) is 1.83. The molecule has 7 heteroatoms. The summed E-state index contributed by atoms with van der Waals surface area (Å²) in [6.45, 7) is 0. The smallest absolute Gasteiger partial charge is 0.417 e. The van der Waals surface area contributed by atoms with Crippen LogP contribution in [-0.4, -0.2) is 17.4 Å². The van der Waals surface area contributed by atoms with Gasteiger partial charge in [-0.1, -0.05) is 0 Å². The molecule has 0 fully saturated rings. The molecule has 0 unspecified atom stereocenters. The van der Waals surface area contributed by atoms with Crippen LogP contribution in [0.25, 0.3) is 0 Å². The Hall–Kier alpha value is -1.92. The minimum atomic E-state index is -4.96. The van der Waals surface area contributed by atoms with Gasteiger partial charge in [0.25, 0.3) is 0 Å². The molecular formula is C9H4F4O3. The molecule has 1 aromatic rings. The predicted octanol–water partition coefficient (Wildman–Crippen LogP) is 2.36. The summed E-state index contributed by atoms with van der Waals surface area (Å²) >= 11 is 0. The summed E-state index contributed by atoms with van der Waals surface area (Å²) in [5.41, 5.74) is -4.03. The van der Waals surface area contributed by atoms with E-state index in [-0.39, 0.29) is 12.4 Å². The summed E-state index contributed by atoms with van der Waals surface area (Å²) in [6, 6.07) is 0.685. The molecule has 0 bridgehead atoms. The van der Waals surface area contributed by atoms with Crippen molar-refractivity contribution in [2.45, 2.75) is 6.18 Å². The van der Waals surface area contributed by atoms with E-state index in [9.17, 15) is 27.2 Å². The highest BCUT2D eigenvalue weighted by molar-refractivity contribution is 5.98. The van der Waals surface area contributed by atoms with Crippen molar-refractivity contribution in [2.24, 2.45) is 0 Å². The molecule has 0 aliphatic rings. The first kappa shape index (κ1) is 12.2. The van der Waals surface area contributed by atoms with E-state index >= 15 is 0 Å². The van der Waals surface area contributed by atoms with Gasteiger partial charge in [0.05, 0.1) is 16.7 Å². The lowest BCUT2D eigenvalue weighted by Crippen LogP contribution is -2.16. The number of carbonyl (C=O) groups is 2. The fourth-order valence-electron chi connectivity index (χ4n) is 1.18. The predicted molar refractivity (Wildman–Crippen MR) is 43.7 cm³/mol. The molecule has 0 heterocycles. The maximum atomic E-state index is 12.9. The van der Waals surface area contributed by atoms with Crippen LogP contribution in [0.1, 0.15) is 26.3 Å². The highest BCUT2D eigenvalue weighted by Gasteiger charge is 2.37. The van der Waals surface area contributed by atoms with Crippen molar-refractivity contribution in [2.75, 3.05) is 0 Å². The van der Waals surface area contributed by atoms with Crippen LogP contribution in [0.5, 0.6) is 0 Å². The third kappa shape index (κ3) is 2.02. The Morgan fingerprint density at radius 2 is 1.88 bits per heavy atom. The van der Waals surface area contributed by atoms with Gasteiger partial charge in [0.15, 0.2) is 6.29 Å². The Bertz CT molecular complexity index is 451. The third-order valence-corrected chi connectivity index (χ3v) is 1.83. The van der Waals surface area contributed by atoms with Crippen molar-refractivity contribution in [3.05, 3.63) is 34.6 Å². The van der Waals surface area contributed by atoms with E-state index in [2.05, 4.69) is 0 Å². The highest BCUT2D eigenvalue weighted by atomic mass is 19.4. The molecule has 1 rings (SSSR count). The Kier molecular flexibility index (Phi) is 2.97. The number of aromatic carboxylic acids is 1. The summed E-state index contributed by atoms with van der Waals surface area (Å²) in [5, 5.41) is 8.54. The Morgan fingerprint density at radius 3 is 2.25 bits per heavy atom. The Labute approximate surface area is 86.3 Å². The van der Waals surface area contributed by atoms with Gasteiger partial charge in [-0.05, 0) is 12.1 Å². The van der Waals surface area contributed by atoms with E-state index in [1.54, 1.807) is 0 Å². The minimum Gasteiger partial charge on any atom is -0.478 e. The number of hydrogen-bond acceptors (Lipinski definition) is 2. The highest BCUT2D eigenvalue weighted by Crippen LogP contribution is 2.33. The van der Waals surface area contributed by atoms with Gasteiger partial charge < -0.3 is 5.11 Å². The van der Waals surface area contributed by atoms with Gasteiger partial charge in [0.2, 0.25) is 0 Å².